The van der Waals surface area contributed by atoms with Crippen molar-refractivity contribution in [2.75, 3.05) is 25.4 Å². The van der Waals surface area contributed by atoms with E-state index < -0.39 is 0 Å². The molecule has 3 heteroatoms. The maximum absolute atomic E-state index is 3.73. The largest absolute Gasteiger partial charge is 0.313 e. The van der Waals surface area contributed by atoms with Gasteiger partial charge in [-0.2, -0.15) is 11.8 Å². The van der Waals surface area contributed by atoms with Crippen LogP contribution in [0.1, 0.15) is 52.4 Å². The summed E-state index contributed by atoms with van der Waals surface area (Å²) in [4.78, 5) is 2.82. The van der Waals surface area contributed by atoms with Crippen LogP contribution in [0.3, 0.4) is 0 Å². The van der Waals surface area contributed by atoms with Crippen molar-refractivity contribution in [3.8, 4) is 0 Å². The third kappa shape index (κ3) is 3.88. The normalized spacial score (nSPS) is 34.7. The number of nitrogens with one attached hydrogen (secondary N) is 1. The van der Waals surface area contributed by atoms with Gasteiger partial charge in [0, 0.05) is 23.9 Å². The van der Waals surface area contributed by atoms with Crippen molar-refractivity contribution >= 4 is 11.8 Å². The Kier molecular flexibility index (Phi) is 6.33. The summed E-state index contributed by atoms with van der Waals surface area (Å²) in [5, 5.41) is 4.65. The van der Waals surface area contributed by atoms with E-state index in [0.717, 1.165) is 17.3 Å². The number of hydrogen-bond donors (Lipinski definition) is 1. The van der Waals surface area contributed by atoms with Crippen molar-refractivity contribution in [1.82, 2.24) is 10.2 Å². The first kappa shape index (κ1) is 14.7. The molecule has 0 aromatic heterocycles. The Balaban J connectivity index is 1.92. The lowest BCUT2D eigenvalue weighted by Crippen LogP contribution is -2.45. The first-order valence-corrected chi connectivity index (χ1v) is 8.99. The van der Waals surface area contributed by atoms with Crippen LogP contribution in [-0.2, 0) is 0 Å². The van der Waals surface area contributed by atoms with Crippen molar-refractivity contribution in [2.24, 2.45) is 0 Å². The Bertz CT molecular complexity index is 235. The van der Waals surface area contributed by atoms with Crippen LogP contribution in [0, 0.1) is 0 Å². The van der Waals surface area contributed by atoms with E-state index in [2.05, 4.69) is 35.8 Å². The summed E-state index contributed by atoms with van der Waals surface area (Å²) >= 11 is 2.20. The van der Waals surface area contributed by atoms with Crippen molar-refractivity contribution in [1.29, 1.82) is 0 Å². The summed E-state index contributed by atoms with van der Waals surface area (Å²) in [5.41, 5.74) is 0. The summed E-state index contributed by atoms with van der Waals surface area (Å²) in [6.45, 7) is 8.45. The Hall–Kier alpha value is 0.270. The second kappa shape index (κ2) is 7.76. The maximum atomic E-state index is 3.73. The SMILES string of the molecule is CCCC1CN(C2CCCC2SCC)CCCN1. The highest BCUT2D eigenvalue weighted by atomic mass is 32.2. The minimum absolute atomic E-state index is 0.741. The van der Waals surface area contributed by atoms with E-state index in [-0.39, 0.29) is 0 Å². The first-order valence-electron chi connectivity index (χ1n) is 7.94. The third-order valence-electron chi connectivity index (χ3n) is 4.41. The lowest BCUT2D eigenvalue weighted by Gasteiger charge is -2.33. The molecular weight excluding hydrogens is 240 g/mol. The van der Waals surface area contributed by atoms with Gasteiger partial charge in [-0.05, 0) is 44.5 Å². The smallest absolute Gasteiger partial charge is 0.0215 e. The molecule has 0 spiro atoms. The van der Waals surface area contributed by atoms with Crippen LogP contribution in [0.2, 0.25) is 0 Å². The fourth-order valence-corrected chi connectivity index (χ4v) is 4.89. The van der Waals surface area contributed by atoms with Gasteiger partial charge in [-0.15, -0.1) is 0 Å². The summed E-state index contributed by atoms with van der Waals surface area (Å²) in [7, 11) is 0. The quantitative estimate of drug-likeness (QED) is 0.826. The van der Waals surface area contributed by atoms with Gasteiger partial charge in [0.2, 0.25) is 0 Å². The third-order valence-corrected chi connectivity index (χ3v) is 5.73. The molecule has 2 aliphatic rings. The molecule has 0 amide bonds. The molecule has 3 atom stereocenters. The molecule has 1 heterocycles. The fraction of sp³-hybridized carbons (Fsp3) is 1.00. The molecule has 18 heavy (non-hydrogen) atoms. The van der Waals surface area contributed by atoms with Gasteiger partial charge in [0.25, 0.3) is 0 Å². The molecular formula is C15H30N2S. The fourth-order valence-electron chi connectivity index (χ4n) is 3.60. The van der Waals surface area contributed by atoms with Crippen LogP contribution in [0.4, 0.5) is 0 Å². The first-order chi connectivity index (χ1) is 8.85. The molecule has 2 nitrogen and oxygen atoms in total. The number of rotatable bonds is 5. The minimum Gasteiger partial charge on any atom is -0.313 e. The highest BCUT2D eigenvalue weighted by Crippen LogP contribution is 2.34. The Labute approximate surface area is 117 Å². The molecule has 1 aliphatic carbocycles. The summed E-state index contributed by atoms with van der Waals surface area (Å²) < 4.78 is 0. The molecule has 0 aromatic rings. The lowest BCUT2D eigenvalue weighted by molar-refractivity contribution is 0.196. The molecule has 0 radical (unpaired) electrons. The predicted molar refractivity (Wildman–Crippen MR) is 82.4 cm³/mol. The predicted octanol–water partition coefficient (Wildman–Crippen LogP) is 3.12. The van der Waals surface area contributed by atoms with Gasteiger partial charge >= 0.3 is 0 Å². The van der Waals surface area contributed by atoms with E-state index in [0.29, 0.717) is 0 Å². The molecule has 106 valence electrons. The number of thioether (sulfide) groups is 1. The minimum atomic E-state index is 0.741. The Morgan fingerprint density at radius 2 is 2.11 bits per heavy atom. The molecule has 1 saturated carbocycles. The number of nitrogens with zero attached hydrogens (tertiary/aromatic N) is 1. The van der Waals surface area contributed by atoms with Gasteiger partial charge in [-0.25, -0.2) is 0 Å². The average molecular weight is 270 g/mol. The highest BCUT2D eigenvalue weighted by molar-refractivity contribution is 7.99. The lowest BCUT2D eigenvalue weighted by atomic mass is 10.1. The van der Waals surface area contributed by atoms with E-state index in [4.69, 9.17) is 0 Å². The zero-order valence-electron chi connectivity index (χ0n) is 12.2. The maximum Gasteiger partial charge on any atom is 0.0215 e. The molecule has 0 bridgehead atoms. The highest BCUT2D eigenvalue weighted by Gasteiger charge is 2.33. The molecule has 2 rings (SSSR count). The Morgan fingerprint density at radius 1 is 1.22 bits per heavy atom. The number of hydrogen-bond acceptors (Lipinski definition) is 3. The second-order valence-corrected chi connectivity index (χ2v) is 7.30. The van der Waals surface area contributed by atoms with Crippen LogP contribution in [-0.4, -0.2) is 47.6 Å². The van der Waals surface area contributed by atoms with E-state index >= 15 is 0 Å². The van der Waals surface area contributed by atoms with Gasteiger partial charge in [0.05, 0.1) is 0 Å². The van der Waals surface area contributed by atoms with Gasteiger partial charge in [-0.3, -0.25) is 4.90 Å². The molecule has 2 fully saturated rings. The van der Waals surface area contributed by atoms with Gasteiger partial charge in [0.15, 0.2) is 0 Å². The molecule has 1 aliphatic heterocycles. The van der Waals surface area contributed by atoms with Crippen LogP contribution in [0.25, 0.3) is 0 Å². The van der Waals surface area contributed by atoms with E-state index in [1.165, 1.54) is 63.9 Å². The molecule has 1 saturated heterocycles. The Morgan fingerprint density at radius 3 is 2.89 bits per heavy atom. The summed E-state index contributed by atoms with van der Waals surface area (Å²) in [6.07, 6.45) is 8.32. The van der Waals surface area contributed by atoms with Crippen molar-refractivity contribution in [2.45, 2.75) is 69.7 Å². The average Bonchev–Trinajstić information content (AvgIpc) is 2.69. The van der Waals surface area contributed by atoms with Crippen LogP contribution in [0.5, 0.6) is 0 Å². The van der Waals surface area contributed by atoms with E-state index in [1.807, 2.05) is 0 Å². The van der Waals surface area contributed by atoms with E-state index in [9.17, 15) is 0 Å². The molecule has 3 unspecified atom stereocenters. The molecule has 0 aromatic carbocycles. The van der Waals surface area contributed by atoms with E-state index in [1.54, 1.807) is 0 Å². The van der Waals surface area contributed by atoms with Crippen LogP contribution < -0.4 is 5.32 Å². The zero-order chi connectivity index (χ0) is 12.8. The monoisotopic (exact) mass is 270 g/mol. The summed E-state index contributed by atoms with van der Waals surface area (Å²) in [5.74, 6) is 1.28. The standard InChI is InChI=1S/C15H30N2S/c1-3-7-13-12-17(11-6-10-16-13)14-8-5-9-15(14)18-4-2/h13-16H,3-12H2,1-2H3. The van der Waals surface area contributed by atoms with Crippen LogP contribution in [0.15, 0.2) is 0 Å². The van der Waals surface area contributed by atoms with Crippen molar-refractivity contribution in [3.05, 3.63) is 0 Å². The molecule has 1 N–H and O–H groups in total. The topological polar surface area (TPSA) is 15.3 Å². The van der Waals surface area contributed by atoms with Crippen molar-refractivity contribution < 1.29 is 0 Å². The zero-order valence-corrected chi connectivity index (χ0v) is 13.0. The van der Waals surface area contributed by atoms with Gasteiger partial charge < -0.3 is 5.32 Å². The van der Waals surface area contributed by atoms with Crippen LogP contribution >= 0.6 is 11.8 Å². The second-order valence-electron chi connectivity index (χ2n) is 5.78. The van der Waals surface area contributed by atoms with Crippen molar-refractivity contribution in [3.63, 3.8) is 0 Å². The summed E-state index contributed by atoms with van der Waals surface area (Å²) in [6, 6.07) is 1.61. The van der Waals surface area contributed by atoms with Gasteiger partial charge in [0.1, 0.15) is 0 Å². The van der Waals surface area contributed by atoms with Gasteiger partial charge in [-0.1, -0.05) is 26.7 Å².